The van der Waals surface area contributed by atoms with E-state index in [0.717, 1.165) is 9.24 Å². The van der Waals surface area contributed by atoms with Gasteiger partial charge in [0, 0.05) is 0 Å². The highest BCUT2D eigenvalue weighted by Gasteiger charge is 2.12. The quantitative estimate of drug-likeness (QED) is 0.494. The highest BCUT2D eigenvalue weighted by molar-refractivity contribution is 8.01. The fourth-order valence-electron chi connectivity index (χ4n) is 1.13. The van der Waals surface area contributed by atoms with Gasteiger partial charge in [0.2, 0.25) is 0 Å². The van der Waals surface area contributed by atoms with E-state index < -0.39 is 0 Å². The summed E-state index contributed by atoms with van der Waals surface area (Å²) in [5, 5.41) is 2.76. The van der Waals surface area contributed by atoms with Crippen molar-refractivity contribution in [3.05, 3.63) is 23.8 Å². The zero-order chi connectivity index (χ0) is 11.4. The Morgan fingerprint density at radius 1 is 1.50 bits per heavy atom. The monoisotopic (exact) mass is 254 g/mol. The molecule has 0 bridgehead atoms. The van der Waals surface area contributed by atoms with Crippen molar-refractivity contribution in [2.45, 2.75) is 9.24 Å². The molecule has 0 radical (unpaired) electrons. The first kappa shape index (κ1) is 11.2. The average Bonchev–Trinajstić information content (AvgIpc) is 2.81. The third kappa shape index (κ3) is 2.26. The molecule has 0 fully saturated rings. The van der Waals surface area contributed by atoms with Crippen molar-refractivity contribution >= 4 is 28.9 Å². The second kappa shape index (κ2) is 5.15. The summed E-state index contributed by atoms with van der Waals surface area (Å²) in [6.45, 7) is 0. The smallest absolute Gasteiger partial charge is 0.195 e. The van der Waals surface area contributed by atoms with Gasteiger partial charge >= 0.3 is 0 Å². The Morgan fingerprint density at radius 3 is 3.00 bits per heavy atom. The van der Waals surface area contributed by atoms with Gasteiger partial charge < -0.3 is 10.2 Å². The number of ether oxygens (including phenoxy) is 1. The van der Waals surface area contributed by atoms with Gasteiger partial charge in [0.1, 0.15) is 11.4 Å². The van der Waals surface area contributed by atoms with Crippen LogP contribution in [0.5, 0.6) is 5.75 Å². The van der Waals surface area contributed by atoms with Crippen molar-refractivity contribution < 1.29 is 4.74 Å². The molecule has 2 heterocycles. The molecule has 2 aromatic heterocycles. The largest absolute Gasteiger partial charge is 0.490 e. The summed E-state index contributed by atoms with van der Waals surface area (Å²) in [6, 6.07) is 4.01. The first-order valence-corrected chi connectivity index (χ1v) is 6.11. The van der Waals surface area contributed by atoms with E-state index in [-0.39, 0.29) is 0 Å². The van der Waals surface area contributed by atoms with Crippen LogP contribution in [-0.4, -0.2) is 17.1 Å². The van der Waals surface area contributed by atoms with Gasteiger partial charge in [-0.15, -0.1) is 11.3 Å². The van der Waals surface area contributed by atoms with Crippen LogP contribution in [0.4, 0.5) is 5.82 Å². The van der Waals surface area contributed by atoms with Crippen molar-refractivity contribution in [3.8, 4) is 5.75 Å². The number of nitrogens with zero attached hydrogens (tertiary/aromatic N) is 2. The fourth-order valence-corrected chi connectivity index (χ4v) is 2.89. The molecule has 7 heteroatoms. The highest BCUT2D eigenvalue weighted by atomic mass is 32.2. The van der Waals surface area contributed by atoms with Crippen LogP contribution in [0.1, 0.15) is 0 Å². The average molecular weight is 254 g/mol. The van der Waals surface area contributed by atoms with Crippen LogP contribution in [0, 0.1) is 0 Å². The molecule has 3 N–H and O–H groups in total. The van der Waals surface area contributed by atoms with E-state index in [9.17, 15) is 0 Å². The molecule has 16 heavy (non-hydrogen) atoms. The van der Waals surface area contributed by atoms with Crippen LogP contribution in [0.2, 0.25) is 0 Å². The van der Waals surface area contributed by atoms with Gasteiger partial charge in [-0.3, -0.25) is 0 Å². The van der Waals surface area contributed by atoms with E-state index in [1.54, 1.807) is 18.4 Å². The van der Waals surface area contributed by atoms with Gasteiger partial charge in [-0.2, -0.15) is 0 Å². The molecular weight excluding hydrogens is 244 g/mol. The number of aromatic nitrogens is 2. The number of hydrogen-bond acceptors (Lipinski definition) is 7. The van der Waals surface area contributed by atoms with Crippen LogP contribution in [-0.2, 0) is 0 Å². The van der Waals surface area contributed by atoms with Gasteiger partial charge in [0.25, 0.3) is 0 Å². The standard InChI is InChI=1S/C9H10N4OS2/c1-14-7-8(13-10)11-5-12-9(7)16-6-3-2-4-15-6/h2-5H,10H2,1H3,(H,11,12,13). The molecule has 0 aromatic carbocycles. The number of nitrogens with one attached hydrogen (secondary N) is 1. The molecule has 0 spiro atoms. The van der Waals surface area contributed by atoms with Crippen molar-refractivity contribution in [2.24, 2.45) is 5.84 Å². The van der Waals surface area contributed by atoms with Gasteiger partial charge in [0.15, 0.2) is 11.6 Å². The maximum absolute atomic E-state index is 5.34. The maximum Gasteiger partial charge on any atom is 0.195 e. The van der Waals surface area contributed by atoms with Gasteiger partial charge in [-0.25, -0.2) is 15.8 Å². The molecule has 0 saturated carbocycles. The third-order valence-corrected chi connectivity index (χ3v) is 3.83. The van der Waals surface area contributed by atoms with Crippen LogP contribution >= 0.6 is 23.1 Å². The summed E-state index contributed by atoms with van der Waals surface area (Å²) < 4.78 is 6.37. The molecule has 0 amide bonds. The molecule has 0 unspecified atom stereocenters. The Kier molecular flexibility index (Phi) is 3.60. The molecule has 0 aliphatic heterocycles. The molecule has 2 rings (SSSR count). The molecule has 0 saturated heterocycles. The second-order valence-electron chi connectivity index (χ2n) is 2.74. The number of hydrazine groups is 1. The summed E-state index contributed by atoms with van der Waals surface area (Å²) in [7, 11) is 1.57. The van der Waals surface area contributed by atoms with E-state index in [1.165, 1.54) is 18.1 Å². The summed E-state index contributed by atoms with van der Waals surface area (Å²) >= 11 is 3.17. The first-order chi connectivity index (χ1) is 7.85. The predicted molar refractivity (Wildman–Crippen MR) is 64.8 cm³/mol. The van der Waals surface area contributed by atoms with Crippen molar-refractivity contribution in [1.82, 2.24) is 9.97 Å². The number of nitrogens with two attached hydrogens (primary N) is 1. The zero-order valence-electron chi connectivity index (χ0n) is 8.51. The van der Waals surface area contributed by atoms with E-state index in [1.807, 2.05) is 17.5 Å². The Morgan fingerprint density at radius 2 is 2.38 bits per heavy atom. The molecule has 0 aliphatic rings. The van der Waals surface area contributed by atoms with Crippen LogP contribution < -0.4 is 16.0 Å². The lowest BCUT2D eigenvalue weighted by atomic mass is 10.5. The number of hydrogen-bond donors (Lipinski definition) is 2. The predicted octanol–water partition coefficient (Wildman–Crippen LogP) is 1.98. The molecule has 5 nitrogen and oxygen atoms in total. The zero-order valence-corrected chi connectivity index (χ0v) is 10.1. The van der Waals surface area contributed by atoms with Crippen LogP contribution in [0.15, 0.2) is 33.1 Å². The number of methoxy groups -OCH3 is 1. The Labute approximate surface area is 101 Å². The summed E-state index contributed by atoms with van der Waals surface area (Å²) in [5.41, 5.74) is 2.48. The SMILES string of the molecule is COc1c(NN)ncnc1Sc1cccs1. The molecule has 2 aromatic rings. The lowest BCUT2D eigenvalue weighted by Gasteiger charge is -2.09. The lowest BCUT2D eigenvalue weighted by Crippen LogP contribution is -2.10. The second-order valence-corrected chi connectivity index (χ2v) is 4.98. The fraction of sp³-hybridized carbons (Fsp3) is 0.111. The van der Waals surface area contributed by atoms with Crippen molar-refractivity contribution in [1.29, 1.82) is 0 Å². The van der Waals surface area contributed by atoms with Crippen LogP contribution in [0.3, 0.4) is 0 Å². The number of nitrogen functional groups attached to an aromatic ring is 1. The van der Waals surface area contributed by atoms with Gasteiger partial charge in [-0.1, -0.05) is 17.8 Å². The van der Waals surface area contributed by atoms with E-state index in [2.05, 4.69) is 15.4 Å². The number of thiophene rings is 1. The molecule has 0 aliphatic carbocycles. The summed E-state index contributed by atoms with van der Waals surface area (Å²) in [4.78, 5) is 8.15. The lowest BCUT2D eigenvalue weighted by molar-refractivity contribution is 0.400. The van der Waals surface area contributed by atoms with Crippen molar-refractivity contribution in [2.75, 3.05) is 12.5 Å². The normalized spacial score (nSPS) is 10.1. The van der Waals surface area contributed by atoms with Gasteiger partial charge in [-0.05, 0) is 11.4 Å². The summed E-state index contributed by atoms with van der Waals surface area (Å²) in [5.74, 6) is 6.38. The Balaban J connectivity index is 2.33. The minimum Gasteiger partial charge on any atom is -0.490 e. The molecule has 84 valence electrons. The number of anilines is 1. The van der Waals surface area contributed by atoms with Crippen LogP contribution in [0.25, 0.3) is 0 Å². The minimum atomic E-state index is 0.483. The topological polar surface area (TPSA) is 73.1 Å². The maximum atomic E-state index is 5.34. The third-order valence-electron chi connectivity index (χ3n) is 1.80. The minimum absolute atomic E-state index is 0.483. The molecule has 0 atom stereocenters. The summed E-state index contributed by atoms with van der Waals surface area (Å²) in [6.07, 6.45) is 1.45. The highest BCUT2D eigenvalue weighted by Crippen LogP contribution is 2.37. The van der Waals surface area contributed by atoms with Gasteiger partial charge in [0.05, 0.1) is 11.3 Å². The van der Waals surface area contributed by atoms with E-state index in [0.29, 0.717) is 11.6 Å². The van der Waals surface area contributed by atoms with E-state index >= 15 is 0 Å². The number of rotatable bonds is 4. The Bertz CT molecular complexity index is 461. The van der Waals surface area contributed by atoms with E-state index in [4.69, 9.17) is 10.6 Å². The molecular formula is C9H10N4OS2. The Hall–Kier alpha value is -1.31. The first-order valence-electron chi connectivity index (χ1n) is 4.42. The van der Waals surface area contributed by atoms with Crippen molar-refractivity contribution in [3.63, 3.8) is 0 Å².